The fourth-order valence-corrected chi connectivity index (χ4v) is 2.16. The van der Waals surface area contributed by atoms with E-state index in [0.717, 1.165) is 11.3 Å². The predicted octanol–water partition coefficient (Wildman–Crippen LogP) is 1.56. The van der Waals surface area contributed by atoms with Gasteiger partial charge in [0, 0.05) is 25.7 Å². The zero-order valence-corrected chi connectivity index (χ0v) is 11.2. The molecule has 0 saturated heterocycles. The van der Waals surface area contributed by atoms with Crippen LogP contribution in [-0.2, 0) is 0 Å². The van der Waals surface area contributed by atoms with Gasteiger partial charge in [-0.05, 0) is 6.92 Å². The number of aryl methyl sites for hydroxylation is 1. The lowest BCUT2D eigenvalue weighted by Gasteiger charge is -2.02. The van der Waals surface area contributed by atoms with E-state index in [-0.39, 0.29) is 6.03 Å². The summed E-state index contributed by atoms with van der Waals surface area (Å²) >= 11 is 1.37. The number of carbonyl (C=O) groups excluding carboxylic acids is 1. The van der Waals surface area contributed by atoms with E-state index in [1.54, 1.807) is 0 Å². The highest BCUT2D eigenvalue weighted by molar-refractivity contribution is 7.23. The number of carbonyl (C=O) groups is 1. The van der Waals surface area contributed by atoms with Crippen molar-refractivity contribution in [2.24, 2.45) is 0 Å². The highest BCUT2D eigenvalue weighted by Crippen LogP contribution is 2.24. The summed E-state index contributed by atoms with van der Waals surface area (Å²) in [6.07, 6.45) is 0. The van der Waals surface area contributed by atoms with E-state index in [4.69, 9.17) is 7.74 Å². The number of aromatic nitrogens is 1. The molecule has 2 amide bonds. The Hall–Kier alpha value is -1.69. The quantitative estimate of drug-likeness (QED) is 0.824. The molecule has 0 aliphatic carbocycles. The average molecular weight is 265 g/mol. The Balaban J connectivity index is 2.02. The first-order valence-corrected chi connectivity index (χ1v) is 6.54. The second kappa shape index (κ2) is 6.47. The van der Waals surface area contributed by atoms with Crippen molar-refractivity contribution < 1.29 is 4.79 Å². The molecule has 2 aromatic rings. The third-order valence-electron chi connectivity index (χ3n) is 2.38. The maximum Gasteiger partial charge on any atom is 0.307 e. The normalized spacial score (nSPS) is 9.74. The standard InChI is InChI=1S/C11H10B3N3OS/c1-7-2-4-8(5-3-7)9-6-19-11(15-9)16-10(18)17-14-13-12/h2-6H,1H3,(H2,15,16,17,18). The summed E-state index contributed by atoms with van der Waals surface area (Å²) in [5.41, 5.74) is 3.07. The third kappa shape index (κ3) is 3.89. The van der Waals surface area contributed by atoms with Gasteiger partial charge in [-0.2, -0.15) is 0 Å². The number of urea groups is 1. The van der Waals surface area contributed by atoms with Crippen LogP contribution in [0.15, 0.2) is 29.6 Å². The van der Waals surface area contributed by atoms with Crippen LogP contribution in [0.5, 0.6) is 0 Å². The number of benzene rings is 1. The van der Waals surface area contributed by atoms with Crippen LogP contribution in [-0.4, -0.2) is 33.1 Å². The van der Waals surface area contributed by atoms with E-state index in [1.165, 1.54) is 31.3 Å². The van der Waals surface area contributed by atoms with Gasteiger partial charge in [-0.25, -0.2) is 9.78 Å². The van der Waals surface area contributed by atoms with E-state index in [0.29, 0.717) is 5.13 Å². The molecule has 19 heavy (non-hydrogen) atoms. The van der Waals surface area contributed by atoms with E-state index >= 15 is 0 Å². The minimum atomic E-state index is -0.369. The molecule has 0 aliphatic rings. The minimum Gasteiger partial charge on any atom is -0.395 e. The summed E-state index contributed by atoms with van der Waals surface area (Å²) in [6.45, 7) is 2.03. The number of thiazole rings is 1. The van der Waals surface area contributed by atoms with Crippen LogP contribution in [0.3, 0.4) is 0 Å². The molecule has 8 heteroatoms. The summed E-state index contributed by atoms with van der Waals surface area (Å²) < 4.78 is 0. The highest BCUT2D eigenvalue weighted by Gasteiger charge is 2.07. The largest absolute Gasteiger partial charge is 0.395 e. The van der Waals surface area contributed by atoms with Gasteiger partial charge in [0.2, 0.25) is 0 Å². The molecule has 2 N–H and O–H groups in total. The molecule has 1 aromatic heterocycles. The lowest BCUT2D eigenvalue weighted by molar-refractivity contribution is 0.256. The molecule has 90 valence electrons. The van der Waals surface area contributed by atoms with Crippen LogP contribution in [0, 0.1) is 6.92 Å². The Kier molecular flexibility index (Phi) is 4.68. The summed E-state index contributed by atoms with van der Waals surface area (Å²) in [7, 11) is 7.73. The Morgan fingerprint density at radius 3 is 2.79 bits per heavy atom. The van der Waals surface area contributed by atoms with Crippen molar-refractivity contribution in [2.75, 3.05) is 5.32 Å². The van der Waals surface area contributed by atoms with Gasteiger partial charge in [-0.1, -0.05) is 29.8 Å². The zero-order chi connectivity index (χ0) is 13.7. The molecule has 0 atom stereocenters. The van der Waals surface area contributed by atoms with Crippen LogP contribution in [0.4, 0.5) is 9.93 Å². The maximum atomic E-state index is 11.4. The van der Waals surface area contributed by atoms with Gasteiger partial charge in [0.1, 0.15) is 0 Å². The SMILES string of the molecule is [B][B][B]NC(=O)Nc1nc(-c2ccc(C)cc2)cs1. The summed E-state index contributed by atoms with van der Waals surface area (Å²) in [4.78, 5) is 15.7. The van der Waals surface area contributed by atoms with E-state index in [9.17, 15) is 4.79 Å². The van der Waals surface area contributed by atoms with Gasteiger partial charge < -0.3 is 5.23 Å². The van der Waals surface area contributed by atoms with Crippen molar-refractivity contribution in [2.45, 2.75) is 6.92 Å². The lowest BCUT2D eigenvalue weighted by Crippen LogP contribution is -2.35. The van der Waals surface area contributed by atoms with Gasteiger partial charge in [0.15, 0.2) is 12.4 Å². The molecule has 4 radical (unpaired) electrons. The second-order valence-corrected chi connectivity index (χ2v) is 4.72. The molecule has 1 heterocycles. The Morgan fingerprint density at radius 2 is 2.11 bits per heavy atom. The number of nitrogens with zero attached hydrogens (tertiary/aromatic N) is 1. The fraction of sp³-hybridized carbons (Fsp3) is 0.0909. The van der Waals surface area contributed by atoms with Crippen LogP contribution >= 0.6 is 11.3 Å². The third-order valence-corrected chi connectivity index (χ3v) is 3.14. The van der Waals surface area contributed by atoms with E-state index in [2.05, 4.69) is 15.5 Å². The first-order chi connectivity index (χ1) is 9.19. The number of amides is 2. The number of nitrogens with one attached hydrogen (secondary N) is 2. The Morgan fingerprint density at radius 1 is 1.37 bits per heavy atom. The fourth-order valence-electron chi connectivity index (χ4n) is 1.45. The number of anilines is 1. The number of hydrogen-bond acceptors (Lipinski definition) is 3. The summed E-state index contributed by atoms with van der Waals surface area (Å²) in [6, 6.07) is 7.70. The van der Waals surface area contributed by atoms with Gasteiger partial charge in [-0.3, -0.25) is 5.32 Å². The van der Waals surface area contributed by atoms with Gasteiger partial charge in [0.05, 0.1) is 5.69 Å². The molecule has 1 aromatic carbocycles. The number of rotatable bonds is 4. The van der Waals surface area contributed by atoms with Crippen molar-refractivity contribution in [3.05, 3.63) is 35.2 Å². The average Bonchev–Trinajstić information content (AvgIpc) is 2.85. The van der Waals surface area contributed by atoms with Crippen LogP contribution in [0.2, 0.25) is 0 Å². The monoisotopic (exact) mass is 265 g/mol. The number of hydrogen-bond donors (Lipinski definition) is 2. The van der Waals surface area contributed by atoms with Gasteiger partial charge in [-0.15, -0.1) is 11.3 Å². The predicted molar refractivity (Wildman–Crippen MR) is 81.7 cm³/mol. The molecule has 0 saturated carbocycles. The topological polar surface area (TPSA) is 54.0 Å². The van der Waals surface area contributed by atoms with E-state index in [1.807, 2.05) is 36.6 Å². The molecule has 0 unspecified atom stereocenters. The Bertz CT molecular complexity index is 559. The second-order valence-electron chi connectivity index (χ2n) is 3.86. The smallest absolute Gasteiger partial charge is 0.307 e. The lowest BCUT2D eigenvalue weighted by atomic mass is 9.33. The van der Waals surface area contributed by atoms with Gasteiger partial charge in [0.25, 0.3) is 0 Å². The minimum absolute atomic E-state index is 0.369. The zero-order valence-electron chi connectivity index (χ0n) is 10.4. The van der Waals surface area contributed by atoms with Crippen LogP contribution < -0.4 is 10.5 Å². The Labute approximate surface area is 118 Å². The van der Waals surface area contributed by atoms with Crippen LogP contribution in [0.25, 0.3) is 11.3 Å². The summed E-state index contributed by atoms with van der Waals surface area (Å²) in [5, 5.41) is 7.52. The molecular formula is C11H10B3N3OS. The molecule has 0 aliphatic heterocycles. The van der Waals surface area contributed by atoms with E-state index < -0.39 is 0 Å². The molecular weight excluding hydrogens is 255 g/mol. The van der Waals surface area contributed by atoms with Crippen molar-refractivity contribution in [3.63, 3.8) is 0 Å². The first kappa shape index (κ1) is 13.7. The van der Waals surface area contributed by atoms with Gasteiger partial charge >= 0.3 is 6.03 Å². The molecule has 0 bridgehead atoms. The first-order valence-electron chi connectivity index (χ1n) is 5.66. The van der Waals surface area contributed by atoms with Crippen molar-refractivity contribution in [1.29, 1.82) is 0 Å². The maximum absolute atomic E-state index is 11.4. The molecule has 2 rings (SSSR count). The molecule has 4 nitrogen and oxygen atoms in total. The van der Waals surface area contributed by atoms with Crippen molar-refractivity contribution >= 4 is 44.6 Å². The van der Waals surface area contributed by atoms with Crippen LogP contribution in [0.1, 0.15) is 5.56 Å². The molecule has 0 fully saturated rings. The highest BCUT2D eigenvalue weighted by atomic mass is 32.1. The molecule has 0 spiro atoms. The summed E-state index contributed by atoms with van der Waals surface area (Å²) in [5.74, 6) is 0. The van der Waals surface area contributed by atoms with Crippen molar-refractivity contribution in [1.82, 2.24) is 10.2 Å². The van der Waals surface area contributed by atoms with Crippen molar-refractivity contribution in [3.8, 4) is 11.3 Å².